The van der Waals surface area contributed by atoms with Crippen LogP contribution in [-0.4, -0.2) is 27.6 Å². The Morgan fingerprint density at radius 3 is 2.95 bits per heavy atom. The highest BCUT2D eigenvalue weighted by atomic mass is 16.5. The summed E-state index contributed by atoms with van der Waals surface area (Å²) in [6.07, 6.45) is 3.43. The van der Waals surface area contributed by atoms with Crippen LogP contribution >= 0.6 is 0 Å². The van der Waals surface area contributed by atoms with E-state index in [4.69, 9.17) is 4.74 Å². The lowest BCUT2D eigenvalue weighted by molar-refractivity contribution is 0.0601. The summed E-state index contributed by atoms with van der Waals surface area (Å²) in [5.74, 6) is 0.328. The average Bonchev–Trinajstić information content (AvgIpc) is 2.89. The number of carbonyl (C=O) groups excluding carboxylic acids is 1. The van der Waals surface area contributed by atoms with E-state index in [0.29, 0.717) is 11.4 Å². The fourth-order valence-electron chi connectivity index (χ4n) is 2.16. The minimum absolute atomic E-state index is 0.369. The largest absolute Gasteiger partial charge is 0.465 e. The summed E-state index contributed by atoms with van der Waals surface area (Å²) < 4.78 is 6.64. The maximum Gasteiger partial charge on any atom is 0.337 e. The van der Waals surface area contributed by atoms with Crippen molar-refractivity contribution in [2.45, 2.75) is 0 Å². The topological polar surface area (TPSA) is 69.0 Å². The van der Waals surface area contributed by atoms with Gasteiger partial charge in [0.2, 0.25) is 0 Å². The average molecular weight is 282 g/mol. The molecule has 0 aliphatic rings. The van der Waals surface area contributed by atoms with Gasteiger partial charge in [-0.3, -0.25) is 0 Å². The third kappa shape index (κ3) is 2.43. The van der Waals surface area contributed by atoms with Gasteiger partial charge in [-0.1, -0.05) is 6.07 Å². The van der Waals surface area contributed by atoms with Crippen LogP contribution in [0.15, 0.2) is 42.9 Å². The molecule has 1 N–H and O–H groups in total. The number of nitrogens with zero attached hydrogens (tertiary/aromatic N) is 3. The summed E-state index contributed by atoms with van der Waals surface area (Å²) in [7, 11) is 3.29. The van der Waals surface area contributed by atoms with E-state index in [1.807, 2.05) is 29.9 Å². The second-order valence-electron chi connectivity index (χ2n) is 4.58. The smallest absolute Gasteiger partial charge is 0.337 e. The van der Waals surface area contributed by atoms with Crippen LogP contribution in [0.4, 0.5) is 11.5 Å². The Labute approximate surface area is 121 Å². The van der Waals surface area contributed by atoms with Crippen LogP contribution < -0.4 is 5.32 Å². The number of nitrogens with one attached hydrogen (secondary N) is 1. The van der Waals surface area contributed by atoms with Gasteiger partial charge in [-0.15, -0.1) is 0 Å². The molecule has 6 heteroatoms. The zero-order valence-corrected chi connectivity index (χ0v) is 11.7. The highest BCUT2D eigenvalue weighted by molar-refractivity contribution is 5.92. The standard InChI is InChI=1S/C15H14N4O2/c1-19-7-6-12-13(16-9-17-14(12)19)18-11-5-3-4-10(8-11)15(20)21-2/h3-9H,1-2H3,(H,16,17,18). The van der Waals surface area contributed by atoms with Crippen LogP contribution in [0, 0.1) is 0 Å². The van der Waals surface area contributed by atoms with Gasteiger partial charge < -0.3 is 14.6 Å². The van der Waals surface area contributed by atoms with E-state index in [1.54, 1.807) is 18.2 Å². The second-order valence-corrected chi connectivity index (χ2v) is 4.58. The molecule has 0 amide bonds. The van der Waals surface area contributed by atoms with E-state index in [-0.39, 0.29) is 5.97 Å². The molecule has 106 valence electrons. The molecule has 0 aliphatic heterocycles. The predicted octanol–water partition coefficient (Wildman–Crippen LogP) is 2.50. The SMILES string of the molecule is COC(=O)c1cccc(Nc2ncnc3c2ccn3C)c1. The molecular weight excluding hydrogens is 268 g/mol. The molecule has 0 spiro atoms. The van der Waals surface area contributed by atoms with Gasteiger partial charge in [0.05, 0.1) is 18.1 Å². The summed E-state index contributed by atoms with van der Waals surface area (Å²) in [4.78, 5) is 20.1. The molecule has 3 aromatic rings. The van der Waals surface area contributed by atoms with E-state index >= 15 is 0 Å². The summed E-state index contributed by atoms with van der Waals surface area (Å²) in [5, 5.41) is 4.13. The molecule has 1 aromatic carbocycles. The predicted molar refractivity (Wildman–Crippen MR) is 79.6 cm³/mol. The first kappa shape index (κ1) is 13.1. The molecule has 6 nitrogen and oxygen atoms in total. The molecule has 21 heavy (non-hydrogen) atoms. The van der Waals surface area contributed by atoms with Crippen molar-refractivity contribution in [3.8, 4) is 0 Å². The summed E-state index contributed by atoms with van der Waals surface area (Å²) in [6.45, 7) is 0. The minimum atomic E-state index is -0.369. The van der Waals surface area contributed by atoms with Crippen LogP contribution in [0.1, 0.15) is 10.4 Å². The number of fused-ring (bicyclic) bond motifs is 1. The van der Waals surface area contributed by atoms with Gasteiger partial charge in [0.15, 0.2) is 0 Å². The Hall–Kier alpha value is -2.89. The van der Waals surface area contributed by atoms with Crippen LogP contribution in [0.5, 0.6) is 0 Å². The van der Waals surface area contributed by atoms with Crippen LogP contribution in [0.3, 0.4) is 0 Å². The molecule has 0 bridgehead atoms. The van der Waals surface area contributed by atoms with Crippen molar-refractivity contribution in [2.75, 3.05) is 12.4 Å². The third-order valence-electron chi connectivity index (χ3n) is 3.21. The number of hydrogen-bond donors (Lipinski definition) is 1. The Bertz CT molecular complexity index is 810. The highest BCUT2D eigenvalue weighted by Crippen LogP contribution is 2.23. The van der Waals surface area contributed by atoms with Crippen LogP contribution in [0.2, 0.25) is 0 Å². The van der Waals surface area contributed by atoms with Crippen molar-refractivity contribution in [1.82, 2.24) is 14.5 Å². The summed E-state index contributed by atoms with van der Waals surface area (Å²) in [5.41, 5.74) is 2.10. The van der Waals surface area contributed by atoms with Crippen molar-refractivity contribution >= 4 is 28.5 Å². The zero-order chi connectivity index (χ0) is 14.8. The first-order chi connectivity index (χ1) is 10.2. The first-order valence-electron chi connectivity index (χ1n) is 6.40. The number of aromatic nitrogens is 3. The van der Waals surface area contributed by atoms with Crippen molar-refractivity contribution in [1.29, 1.82) is 0 Å². The van der Waals surface area contributed by atoms with Gasteiger partial charge in [-0.05, 0) is 24.3 Å². The van der Waals surface area contributed by atoms with Gasteiger partial charge in [0.25, 0.3) is 0 Å². The number of anilines is 2. The lowest BCUT2D eigenvalue weighted by Gasteiger charge is -2.08. The number of carbonyl (C=O) groups is 1. The number of benzene rings is 1. The summed E-state index contributed by atoms with van der Waals surface area (Å²) in [6, 6.07) is 9.03. The van der Waals surface area contributed by atoms with Crippen molar-refractivity contribution in [3.05, 3.63) is 48.4 Å². The molecule has 3 rings (SSSR count). The molecule has 0 saturated carbocycles. The molecule has 2 aromatic heterocycles. The molecule has 0 fully saturated rings. The maximum atomic E-state index is 11.6. The molecular formula is C15H14N4O2. The first-order valence-corrected chi connectivity index (χ1v) is 6.40. The van der Waals surface area contributed by atoms with Gasteiger partial charge in [-0.25, -0.2) is 14.8 Å². The quantitative estimate of drug-likeness (QED) is 0.747. The Balaban J connectivity index is 1.97. The van der Waals surface area contributed by atoms with Crippen molar-refractivity contribution < 1.29 is 9.53 Å². The van der Waals surface area contributed by atoms with Gasteiger partial charge in [0.1, 0.15) is 17.8 Å². The van der Waals surface area contributed by atoms with E-state index in [9.17, 15) is 4.79 Å². The van der Waals surface area contributed by atoms with Crippen molar-refractivity contribution in [2.24, 2.45) is 7.05 Å². The fraction of sp³-hybridized carbons (Fsp3) is 0.133. The molecule has 0 radical (unpaired) electrons. The molecule has 0 saturated heterocycles. The van der Waals surface area contributed by atoms with Crippen molar-refractivity contribution in [3.63, 3.8) is 0 Å². The minimum Gasteiger partial charge on any atom is -0.465 e. The van der Waals surface area contributed by atoms with Gasteiger partial charge >= 0.3 is 5.97 Å². The van der Waals surface area contributed by atoms with E-state index in [1.165, 1.54) is 13.4 Å². The lowest BCUT2D eigenvalue weighted by Crippen LogP contribution is -2.02. The number of hydrogen-bond acceptors (Lipinski definition) is 5. The Morgan fingerprint density at radius 2 is 2.14 bits per heavy atom. The monoisotopic (exact) mass is 282 g/mol. The van der Waals surface area contributed by atoms with Gasteiger partial charge in [-0.2, -0.15) is 0 Å². The zero-order valence-electron chi connectivity index (χ0n) is 11.7. The van der Waals surface area contributed by atoms with E-state index in [2.05, 4.69) is 15.3 Å². The molecule has 0 atom stereocenters. The third-order valence-corrected chi connectivity index (χ3v) is 3.21. The van der Waals surface area contributed by atoms with E-state index < -0.39 is 0 Å². The number of methoxy groups -OCH3 is 1. The Morgan fingerprint density at radius 1 is 1.29 bits per heavy atom. The molecule has 0 unspecified atom stereocenters. The number of aryl methyl sites for hydroxylation is 1. The van der Waals surface area contributed by atoms with E-state index in [0.717, 1.165) is 16.7 Å². The van der Waals surface area contributed by atoms with Crippen LogP contribution in [-0.2, 0) is 11.8 Å². The summed E-state index contributed by atoms with van der Waals surface area (Å²) >= 11 is 0. The highest BCUT2D eigenvalue weighted by Gasteiger charge is 2.09. The molecule has 2 heterocycles. The Kier molecular flexibility index (Phi) is 3.27. The number of esters is 1. The number of rotatable bonds is 3. The maximum absolute atomic E-state index is 11.6. The fourth-order valence-corrected chi connectivity index (χ4v) is 2.16. The number of ether oxygens (including phenoxy) is 1. The van der Waals surface area contributed by atoms with Gasteiger partial charge in [0, 0.05) is 18.9 Å². The molecule has 0 aliphatic carbocycles. The lowest BCUT2D eigenvalue weighted by atomic mass is 10.2. The van der Waals surface area contributed by atoms with Crippen LogP contribution in [0.25, 0.3) is 11.0 Å². The normalized spacial score (nSPS) is 10.6. The second kappa shape index (κ2) is 5.24.